The second kappa shape index (κ2) is 8.87. The molecule has 2 atom stereocenters. The molecule has 5 nitrogen and oxygen atoms in total. The number of benzene rings is 2. The highest BCUT2D eigenvalue weighted by atomic mass is 16.6. The fourth-order valence-electron chi connectivity index (χ4n) is 4.18. The molecule has 154 valence electrons. The molecule has 1 fully saturated rings. The molecule has 2 aromatic carbocycles. The Balaban J connectivity index is 1.38. The van der Waals surface area contributed by atoms with Crippen LogP contribution in [0.5, 0.6) is 11.5 Å². The highest BCUT2D eigenvalue weighted by Gasteiger charge is 2.30. The molecular weight excluding hydrogens is 364 g/mol. The van der Waals surface area contributed by atoms with E-state index < -0.39 is 0 Å². The number of hydrogen-bond acceptors (Lipinski definition) is 4. The third kappa shape index (κ3) is 4.40. The van der Waals surface area contributed by atoms with Crippen molar-refractivity contribution in [2.24, 2.45) is 0 Å². The van der Waals surface area contributed by atoms with Gasteiger partial charge in [0.05, 0.1) is 12.6 Å². The lowest BCUT2D eigenvalue weighted by molar-refractivity contribution is -0.131. The van der Waals surface area contributed by atoms with Gasteiger partial charge >= 0.3 is 0 Å². The predicted molar refractivity (Wildman–Crippen MR) is 113 cm³/mol. The van der Waals surface area contributed by atoms with Gasteiger partial charge in [-0.1, -0.05) is 37.3 Å². The average molecular weight is 395 g/mol. The lowest BCUT2D eigenvalue weighted by Gasteiger charge is -2.27. The first kappa shape index (κ1) is 19.8. The third-order valence-electron chi connectivity index (χ3n) is 5.97. The Hall–Kier alpha value is -2.53. The van der Waals surface area contributed by atoms with Crippen LogP contribution in [0, 0.1) is 0 Å². The van der Waals surface area contributed by atoms with Gasteiger partial charge < -0.3 is 19.7 Å². The molecule has 1 N–H and O–H groups in total. The number of carbonyl (C=O) groups is 1. The van der Waals surface area contributed by atoms with Gasteiger partial charge in [-0.3, -0.25) is 4.79 Å². The maximum absolute atomic E-state index is 13.0. The molecule has 0 aliphatic carbocycles. The molecule has 29 heavy (non-hydrogen) atoms. The molecule has 2 unspecified atom stereocenters. The van der Waals surface area contributed by atoms with Crippen molar-refractivity contribution in [1.29, 1.82) is 0 Å². The second-order valence-corrected chi connectivity index (χ2v) is 7.85. The highest BCUT2D eigenvalue weighted by Crippen LogP contribution is 2.38. The van der Waals surface area contributed by atoms with E-state index in [1.165, 1.54) is 11.1 Å². The van der Waals surface area contributed by atoms with Crippen LogP contribution in [0.3, 0.4) is 0 Å². The lowest BCUT2D eigenvalue weighted by Crippen LogP contribution is -2.38. The topological polar surface area (TPSA) is 50.8 Å². The van der Waals surface area contributed by atoms with Crippen LogP contribution in [-0.2, 0) is 11.2 Å². The van der Waals surface area contributed by atoms with Gasteiger partial charge in [-0.05, 0) is 55.0 Å². The number of amides is 1. The van der Waals surface area contributed by atoms with E-state index in [0.717, 1.165) is 42.9 Å². The Morgan fingerprint density at radius 3 is 2.66 bits per heavy atom. The zero-order valence-corrected chi connectivity index (χ0v) is 17.3. The molecule has 0 aromatic heterocycles. The molecule has 0 saturated carbocycles. The summed E-state index contributed by atoms with van der Waals surface area (Å²) in [6.07, 6.45) is 3.05. The Bertz CT molecular complexity index is 850. The molecule has 2 aliphatic heterocycles. The first-order valence-electron chi connectivity index (χ1n) is 10.7. The Labute approximate surface area is 173 Å². The Morgan fingerprint density at radius 2 is 1.90 bits per heavy atom. The average Bonchev–Trinajstić information content (AvgIpc) is 3.27. The van der Waals surface area contributed by atoms with Gasteiger partial charge in [0.1, 0.15) is 13.2 Å². The van der Waals surface area contributed by atoms with Crippen LogP contribution in [0.4, 0.5) is 0 Å². The van der Waals surface area contributed by atoms with Crippen LogP contribution in [0.15, 0.2) is 42.5 Å². The summed E-state index contributed by atoms with van der Waals surface area (Å²) in [7, 11) is 0. The van der Waals surface area contributed by atoms with E-state index in [2.05, 4.69) is 49.5 Å². The highest BCUT2D eigenvalue weighted by molar-refractivity contribution is 5.79. The van der Waals surface area contributed by atoms with Gasteiger partial charge in [-0.25, -0.2) is 0 Å². The molecule has 1 saturated heterocycles. The summed E-state index contributed by atoms with van der Waals surface area (Å²) in [5.41, 5.74) is 3.67. The minimum absolute atomic E-state index is 0.110. The summed E-state index contributed by atoms with van der Waals surface area (Å²) in [6.45, 7) is 6.58. The van der Waals surface area contributed by atoms with Crippen LogP contribution >= 0.6 is 0 Å². The van der Waals surface area contributed by atoms with Gasteiger partial charge in [0.25, 0.3) is 0 Å². The number of ether oxygens (including phenoxy) is 2. The van der Waals surface area contributed by atoms with Crippen LogP contribution in [0.1, 0.15) is 55.5 Å². The number of hydrogen-bond donors (Lipinski definition) is 1. The molecule has 4 rings (SSSR count). The summed E-state index contributed by atoms with van der Waals surface area (Å²) in [4.78, 5) is 15.0. The molecule has 2 heterocycles. The smallest absolute Gasteiger partial charge is 0.237 e. The summed E-state index contributed by atoms with van der Waals surface area (Å²) in [5, 5.41) is 3.40. The number of fused-ring (bicyclic) bond motifs is 1. The number of nitrogens with one attached hydrogen (secondary N) is 1. The minimum Gasteiger partial charge on any atom is -0.486 e. The first-order chi connectivity index (χ1) is 14.2. The zero-order chi connectivity index (χ0) is 20.2. The summed E-state index contributed by atoms with van der Waals surface area (Å²) >= 11 is 0. The molecule has 2 aromatic rings. The van der Waals surface area contributed by atoms with E-state index >= 15 is 0 Å². The molecule has 5 heteroatoms. The quantitative estimate of drug-likeness (QED) is 0.804. The zero-order valence-electron chi connectivity index (χ0n) is 17.3. The van der Waals surface area contributed by atoms with Crippen molar-refractivity contribution in [2.45, 2.75) is 45.2 Å². The van der Waals surface area contributed by atoms with E-state index in [0.29, 0.717) is 19.8 Å². The fourth-order valence-corrected chi connectivity index (χ4v) is 4.18. The van der Waals surface area contributed by atoms with Crippen molar-refractivity contribution >= 4 is 5.91 Å². The van der Waals surface area contributed by atoms with Crippen LogP contribution in [-0.4, -0.2) is 37.1 Å². The van der Waals surface area contributed by atoms with Crippen molar-refractivity contribution in [3.8, 4) is 11.5 Å². The fraction of sp³-hybridized carbons (Fsp3) is 0.458. The second-order valence-electron chi connectivity index (χ2n) is 7.85. The molecule has 1 amide bonds. The standard InChI is InChI=1S/C24H30N2O3/c1-3-18-6-8-19(9-7-18)17(2)25-16-24(27)26-12-4-5-21(26)20-10-11-22-23(15-20)29-14-13-28-22/h6-11,15,17,21,25H,3-5,12-14,16H2,1-2H3. The van der Waals surface area contributed by atoms with Crippen LogP contribution in [0.2, 0.25) is 0 Å². The summed E-state index contributed by atoms with van der Waals surface area (Å²) in [6, 6.07) is 14.9. The first-order valence-corrected chi connectivity index (χ1v) is 10.7. The van der Waals surface area contributed by atoms with Crippen molar-refractivity contribution in [2.75, 3.05) is 26.3 Å². The van der Waals surface area contributed by atoms with Gasteiger partial charge in [0, 0.05) is 12.6 Å². The van der Waals surface area contributed by atoms with E-state index in [-0.39, 0.29) is 18.0 Å². The van der Waals surface area contributed by atoms with Gasteiger partial charge in [0.15, 0.2) is 11.5 Å². The SMILES string of the molecule is CCc1ccc(C(C)NCC(=O)N2CCCC2c2ccc3c(c2)OCCO3)cc1. The van der Waals surface area contributed by atoms with E-state index in [1.807, 2.05) is 17.0 Å². The largest absolute Gasteiger partial charge is 0.486 e. The van der Waals surface area contributed by atoms with Crippen LogP contribution in [0.25, 0.3) is 0 Å². The number of rotatable bonds is 6. The maximum Gasteiger partial charge on any atom is 0.237 e. The van der Waals surface area contributed by atoms with Crippen molar-refractivity contribution in [3.05, 3.63) is 59.2 Å². The minimum atomic E-state index is 0.110. The molecule has 0 bridgehead atoms. The lowest BCUT2D eigenvalue weighted by atomic mass is 10.0. The van der Waals surface area contributed by atoms with Crippen molar-refractivity contribution < 1.29 is 14.3 Å². The van der Waals surface area contributed by atoms with Gasteiger partial charge in [0.2, 0.25) is 5.91 Å². The monoisotopic (exact) mass is 394 g/mol. The number of nitrogens with zero attached hydrogens (tertiary/aromatic N) is 1. The summed E-state index contributed by atoms with van der Waals surface area (Å²) in [5.74, 6) is 1.73. The molecule has 0 radical (unpaired) electrons. The van der Waals surface area contributed by atoms with Gasteiger partial charge in [-0.15, -0.1) is 0 Å². The number of carbonyl (C=O) groups excluding carboxylic acids is 1. The maximum atomic E-state index is 13.0. The molecule has 0 spiro atoms. The third-order valence-corrected chi connectivity index (χ3v) is 5.97. The predicted octanol–water partition coefficient (Wildman–Crippen LogP) is 4.03. The Morgan fingerprint density at radius 1 is 1.14 bits per heavy atom. The van der Waals surface area contributed by atoms with Crippen molar-refractivity contribution in [1.82, 2.24) is 10.2 Å². The van der Waals surface area contributed by atoms with E-state index in [1.54, 1.807) is 0 Å². The van der Waals surface area contributed by atoms with E-state index in [9.17, 15) is 4.79 Å². The number of aryl methyl sites for hydroxylation is 1. The normalized spacial score (nSPS) is 19.2. The van der Waals surface area contributed by atoms with E-state index in [4.69, 9.17) is 9.47 Å². The summed E-state index contributed by atoms with van der Waals surface area (Å²) < 4.78 is 11.3. The van der Waals surface area contributed by atoms with Crippen molar-refractivity contribution in [3.63, 3.8) is 0 Å². The Kier molecular flexibility index (Phi) is 6.05. The molecular formula is C24H30N2O3. The number of likely N-dealkylation sites (tertiary alicyclic amines) is 1. The molecule has 2 aliphatic rings. The van der Waals surface area contributed by atoms with Gasteiger partial charge in [-0.2, -0.15) is 0 Å². The van der Waals surface area contributed by atoms with Crippen LogP contribution < -0.4 is 14.8 Å².